The highest BCUT2D eigenvalue weighted by atomic mass is 16.5. The van der Waals surface area contributed by atoms with Crippen molar-refractivity contribution >= 4 is 17.7 Å². The van der Waals surface area contributed by atoms with Crippen LogP contribution in [0, 0.1) is 11.3 Å². The van der Waals surface area contributed by atoms with E-state index in [9.17, 15) is 14.4 Å². The first kappa shape index (κ1) is 20.6. The molecule has 1 heterocycles. The van der Waals surface area contributed by atoms with Gasteiger partial charge in [-0.15, -0.1) is 0 Å². The van der Waals surface area contributed by atoms with E-state index in [1.807, 2.05) is 20.8 Å². The van der Waals surface area contributed by atoms with Crippen LogP contribution in [0.5, 0.6) is 0 Å². The standard InChI is InChI=1S/C18H32N2O4/c1-6-7-8-15(21)18(4,5)17(23)20-10-9-19-14(11-20)16(22)24-12-13(2)3/h13-14,19H,6-12H2,1-5H3. The van der Waals surface area contributed by atoms with E-state index < -0.39 is 11.5 Å². The number of amides is 1. The van der Waals surface area contributed by atoms with E-state index in [0.29, 0.717) is 26.1 Å². The van der Waals surface area contributed by atoms with Crippen molar-refractivity contribution in [3.8, 4) is 0 Å². The quantitative estimate of drug-likeness (QED) is 0.538. The molecule has 0 aromatic heterocycles. The molecule has 1 fully saturated rings. The molecule has 1 atom stereocenters. The molecule has 1 amide bonds. The first-order chi connectivity index (χ1) is 11.2. The molecule has 0 aromatic carbocycles. The van der Waals surface area contributed by atoms with Gasteiger partial charge in [0, 0.05) is 26.1 Å². The molecule has 6 nitrogen and oxygen atoms in total. The van der Waals surface area contributed by atoms with E-state index >= 15 is 0 Å². The van der Waals surface area contributed by atoms with Crippen molar-refractivity contribution < 1.29 is 19.1 Å². The summed E-state index contributed by atoms with van der Waals surface area (Å²) < 4.78 is 5.25. The zero-order valence-electron chi connectivity index (χ0n) is 15.7. The smallest absolute Gasteiger partial charge is 0.324 e. The average Bonchev–Trinajstić information content (AvgIpc) is 2.56. The lowest BCUT2D eigenvalue weighted by Crippen LogP contribution is -2.59. The summed E-state index contributed by atoms with van der Waals surface area (Å²) in [6.45, 7) is 11.0. The number of nitrogens with zero attached hydrogens (tertiary/aromatic N) is 1. The second-order valence-corrected chi connectivity index (χ2v) is 7.43. The predicted octanol–water partition coefficient (Wildman–Crippen LogP) is 1.77. The normalized spacial score (nSPS) is 18.6. The van der Waals surface area contributed by atoms with Crippen LogP contribution in [0.2, 0.25) is 0 Å². The molecule has 0 saturated carbocycles. The van der Waals surface area contributed by atoms with Gasteiger partial charge in [0.25, 0.3) is 0 Å². The van der Waals surface area contributed by atoms with Gasteiger partial charge in [-0.2, -0.15) is 0 Å². The predicted molar refractivity (Wildman–Crippen MR) is 92.5 cm³/mol. The van der Waals surface area contributed by atoms with Gasteiger partial charge in [-0.25, -0.2) is 0 Å². The van der Waals surface area contributed by atoms with Crippen molar-refractivity contribution in [2.24, 2.45) is 11.3 Å². The molecule has 0 spiro atoms. The van der Waals surface area contributed by atoms with Crippen molar-refractivity contribution in [1.29, 1.82) is 0 Å². The van der Waals surface area contributed by atoms with E-state index in [1.54, 1.807) is 18.7 Å². The van der Waals surface area contributed by atoms with Crippen LogP contribution in [0.25, 0.3) is 0 Å². The van der Waals surface area contributed by atoms with Crippen LogP contribution in [-0.4, -0.2) is 54.8 Å². The lowest BCUT2D eigenvalue weighted by molar-refractivity contribution is -0.152. The van der Waals surface area contributed by atoms with E-state index in [4.69, 9.17) is 4.74 Å². The third-order valence-electron chi connectivity index (χ3n) is 4.30. The van der Waals surface area contributed by atoms with Gasteiger partial charge in [-0.05, 0) is 26.2 Å². The van der Waals surface area contributed by atoms with Gasteiger partial charge >= 0.3 is 5.97 Å². The number of nitrogens with one attached hydrogen (secondary N) is 1. The molecular weight excluding hydrogens is 308 g/mol. The Labute approximate surface area is 145 Å². The summed E-state index contributed by atoms with van der Waals surface area (Å²) >= 11 is 0. The van der Waals surface area contributed by atoms with Crippen LogP contribution in [0.4, 0.5) is 0 Å². The van der Waals surface area contributed by atoms with Crippen LogP contribution >= 0.6 is 0 Å². The Hall–Kier alpha value is -1.43. The van der Waals surface area contributed by atoms with Crippen LogP contribution in [0.1, 0.15) is 53.9 Å². The molecule has 6 heteroatoms. The van der Waals surface area contributed by atoms with Gasteiger partial charge in [0.1, 0.15) is 17.2 Å². The molecule has 0 aromatic rings. The Morgan fingerprint density at radius 2 is 1.96 bits per heavy atom. The molecule has 0 aliphatic carbocycles. The number of ether oxygens (including phenoxy) is 1. The Kier molecular flexibility index (Phi) is 7.87. The molecule has 1 aliphatic rings. The van der Waals surface area contributed by atoms with Gasteiger partial charge in [-0.3, -0.25) is 14.4 Å². The van der Waals surface area contributed by atoms with E-state index in [-0.39, 0.29) is 30.1 Å². The number of Topliss-reactive ketones (excluding diaryl/α,β-unsaturated/α-hetero) is 1. The molecule has 1 saturated heterocycles. The minimum Gasteiger partial charge on any atom is -0.464 e. The summed E-state index contributed by atoms with van der Waals surface area (Å²) in [4.78, 5) is 38.8. The minimum absolute atomic E-state index is 0.0354. The maximum absolute atomic E-state index is 12.8. The maximum atomic E-state index is 12.8. The first-order valence-electron chi connectivity index (χ1n) is 8.92. The summed E-state index contributed by atoms with van der Waals surface area (Å²) in [5, 5.41) is 3.09. The summed E-state index contributed by atoms with van der Waals surface area (Å²) in [7, 11) is 0. The van der Waals surface area contributed by atoms with Gasteiger partial charge in [-0.1, -0.05) is 27.2 Å². The fourth-order valence-electron chi connectivity index (χ4n) is 2.61. The summed E-state index contributed by atoms with van der Waals surface area (Å²) in [6.07, 6.45) is 2.13. The highest BCUT2D eigenvalue weighted by Crippen LogP contribution is 2.24. The molecule has 0 bridgehead atoms. The molecule has 1 unspecified atom stereocenters. The zero-order valence-corrected chi connectivity index (χ0v) is 15.7. The second kappa shape index (κ2) is 9.16. The molecule has 1 N–H and O–H groups in total. The van der Waals surface area contributed by atoms with Crippen LogP contribution in [0.3, 0.4) is 0 Å². The average molecular weight is 340 g/mol. The number of hydrogen-bond donors (Lipinski definition) is 1. The number of ketones is 1. The van der Waals surface area contributed by atoms with Crippen molar-refractivity contribution in [2.45, 2.75) is 59.9 Å². The number of carbonyl (C=O) groups excluding carboxylic acids is 3. The topological polar surface area (TPSA) is 75.7 Å². The molecule has 1 aliphatic heterocycles. The second-order valence-electron chi connectivity index (χ2n) is 7.43. The number of carbonyl (C=O) groups is 3. The number of hydrogen-bond acceptors (Lipinski definition) is 5. The zero-order chi connectivity index (χ0) is 18.3. The highest BCUT2D eigenvalue weighted by Gasteiger charge is 2.40. The Bertz CT molecular complexity index is 460. The van der Waals surface area contributed by atoms with E-state index in [0.717, 1.165) is 12.8 Å². The van der Waals surface area contributed by atoms with Crippen LogP contribution < -0.4 is 5.32 Å². The van der Waals surface area contributed by atoms with Gasteiger partial charge < -0.3 is 15.0 Å². The summed E-state index contributed by atoms with van der Waals surface area (Å²) in [5.74, 6) is -0.305. The number of esters is 1. The third kappa shape index (κ3) is 5.58. The fraction of sp³-hybridized carbons (Fsp3) is 0.833. The lowest BCUT2D eigenvalue weighted by atomic mass is 9.83. The van der Waals surface area contributed by atoms with Crippen LogP contribution in [-0.2, 0) is 19.1 Å². The Morgan fingerprint density at radius 1 is 1.29 bits per heavy atom. The van der Waals surface area contributed by atoms with Crippen molar-refractivity contribution in [1.82, 2.24) is 10.2 Å². The van der Waals surface area contributed by atoms with Crippen molar-refractivity contribution in [2.75, 3.05) is 26.2 Å². The van der Waals surface area contributed by atoms with E-state index in [1.165, 1.54) is 0 Å². The number of piperazine rings is 1. The minimum atomic E-state index is -1.04. The highest BCUT2D eigenvalue weighted by molar-refractivity contribution is 6.05. The molecule has 138 valence electrons. The molecular formula is C18H32N2O4. The van der Waals surface area contributed by atoms with Gasteiger partial charge in [0.15, 0.2) is 0 Å². The van der Waals surface area contributed by atoms with Crippen LogP contribution in [0.15, 0.2) is 0 Å². The van der Waals surface area contributed by atoms with Gasteiger partial charge in [0.05, 0.1) is 6.61 Å². The SMILES string of the molecule is CCCCC(=O)C(C)(C)C(=O)N1CCNC(C(=O)OCC(C)C)C1. The fourth-order valence-corrected chi connectivity index (χ4v) is 2.61. The Balaban J connectivity index is 2.67. The van der Waals surface area contributed by atoms with Crippen molar-refractivity contribution in [3.63, 3.8) is 0 Å². The lowest BCUT2D eigenvalue weighted by Gasteiger charge is -2.36. The maximum Gasteiger partial charge on any atom is 0.324 e. The Morgan fingerprint density at radius 3 is 2.54 bits per heavy atom. The van der Waals surface area contributed by atoms with E-state index in [2.05, 4.69) is 5.32 Å². The monoisotopic (exact) mass is 340 g/mol. The summed E-state index contributed by atoms with van der Waals surface area (Å²) in [6, 6.07) is -0.525. The first-order valence-corrected chi connectivity index (χ1v) is 8.92. The van der Waals surface area contributed by atoms with Gasteiger partial charge in [0.2, 0.25) is 5.91 Å². The largest absolute Gasteiger partial charge is 0.464 e. The number of unbranched alkanes of at least 4 members (excludes halogenated alkanes) is 1. The third-order valence-corrected chi connectivity index (χ3v) is 4.30. The van der Waals surface area contributed by atoms with Crippen molar-refractivity contribution in [3.05, 3.63) is 0 Å². The number of rotatable bonds is 8. The summed E-state index contributed by atoms with van der Waals surface area (Å²) in [5.41, 5.74) is -1.04. The molecule has 1 rings (SSSR count). The molecule has 0 radical (unpaired) electrons. The molecule has 24 heavy (non-hydrogen) atoms.